The van der Waals surface area contributed by atoms with Crippen molar-refractivity contribution in [2.24, 2.45) is 0 Å². The highest BCUT2D eigenvalue weighted by atomic mass is 16.5. The standard InChI is InChI=1S/C49H32BNO2/c1-31-12-9-21-41-39-19-5-7-22-44(39)51(49(31)41)38-18-11-17-35(27-38)36-24-25-46-43(29-36)50-48-42(40-20-6-8-23-45(40)53-50)28-37(30-47(48)52-46)34-16-10-15-33(26-34)32-13-3-2-4-14-32/h2-30H,1H3/i2D,3D,4D,5D,6D,7D,8D,9D,10D,11D,12D,13D,14D,15D,16D,17D,18D,19D,20D,21D,22D,23D,24D,25D,26D,27D,28D,29D,30D. The quantitative estimate of drug-likeness (QED) is 0.170. The molecule has 9 aromatic rings. The smallest absolute Gasteiger partial charge is 0.434 e. The second-order valence-corrected chi connectivity index (χ2v) is 11.8. The monoisotopic (exact) mass is 706 g/mol. The number of nitrogens with zero attached hydrogens (tertiary/aromatic N) is 1. The Hall–Kier alpha value is -6.78. The molecule has 3 heterocycles. The van der Waals surface area contributed by atoms with Gasteiger partial charge >= 0.3 is 6.92 Å². The van der Waals surface area contributed by atoms with Gasteiger partial charge in [0.15, 0.2) is 0 Å². The van der Waals surface area contributed by atoms with Crippen molar-refractivity contribution in [1.82, 2.24) is 4.57 Å². The van der Waals surface area contributed by atoms with Gasteiger partial charge in [-0.25, -0.2) is 0 Å². The lowest BCUT2D eigenvalue weighted by Gasteiger charge is -2.33. The van der Waals surface area contributed by atoms with Crippen LogP contribution in [-0.4, -0.2) is 11.5 Å². The number of hydrogen-bond acceptors (Lipinski definition) is 2. The van der Waals surface area contributed by atoms with Crippen LogP contribution in [0.2, 0.25) is 0 Å². The lowest BCUT2D eigenvalue weighted by Crippen LogP contribution is -2.53. The highest BCUT2D eigenvalue weighted by Gasteiger charge is 2.41. The number of para-hydroxylation sites is 3. The van der Waals surface area contributed by atoms with Gasteiger partial charge in [-0.2, -0.15) is 0 Å². The molecule has 0 fully saturated rings. The Balaban J connectivity index is 1.25. The van der Waals surface area contributed by atoms with E-state index in [1.165, 1.54) is 6.92 Å². The minimum absolute atomic E-state index is 0.110. The average Bonchev–Trinajstić information content (AvgIpc) is 1.16. The van der Waals surface area contributed by atoms with Gasteiger partial charge in [0, 0.05) is 32.9 Å². The van der Waals surface area contributed by atoms with Crippen LogP contribution in [0.5, 0.6) is 17.2 Å². The molecule has 0 amide bonds. The van der Waals surface area contributed by atoms with Crippen LogP contribution >= 0.6 is 0 Å². The predicted molar refractivity (Wildman–Crippen MR) is 219 cm³/mol. The Kier molecular flexibility index (Phi) is 2.86. The summed E-state index contributed by atoms with van der Waals surface area (Å²) in [5, 5.41) is -0.655. The Labute approximate surface area is 349 Å². The van der Waals surface area contributed by atoms with Crippen molar-refractivity contribution in [3.05, 3.63) is 181 Å². The summed E-state index contributed by atoms with van der Waals surface area (Å²) in [7, 11) is 0. The minimum atomic E-state index is -2.00. The summed E-state index contributed by atoms with van der Waals surface area (Å²) < 4.78 is 275. The maximum absolute atomic E-state index is 9.93. The van der Waals surface area contributed by atoms with Gasteiger partial charge in [-0.1, -0.05) is 127 Å². The van der Waals surface area contributed by atoms with Gasteiger partial charge in [-0.3, -0.25) is 0 Å². The van der Waals surface area contributed by atoms with Gasteiger partial charge in [0.25, 0.3) is 0 Å². The van der Waals surface area contributed by atoms with E-state index in [2.05, 4.69) is 0 Å². The molecule has 1 aromatic heterocycles. The summed E-state index contributed by atoms with van der Waals surface area (Å²) in [4.78, 5) is 0. The fourth-order valence-electron chi connectivity index (χ4n) is 6.50. The summed E-state index contributed by atoms with van der Waals surface area (Å²) in [6, 6.07) is -25.5. The molecule has 4 heteroatoms. The fourth-order valence-corrected chi connectivity index (χ4v) is 6.50. The average molecular weight is 707 g/mol. The summed E-state index contributed by atoms with van der Waals surface area (Å²) in [6.07, 6.45) is 0. The van der Waals surface area contributed by atoms with Crippen molar-refractivity contribution >= 4 is 39.6 Å². The fraction of sp³-hybridized carbons (Fsp3) is 0.0204. The maximum atomic E-state index is 9.93. The Bertz CT molecular complexity index is 4490. The van der Waals surface area contributed by atoms with E-state index in [0.29, 0.717) is 0 Å². The van der Waals surface area contributed by atoms with E-state index in [1.807, 2.05) is 0 Å². The lowest BCUT2D eigenvalue weighted by molar-refractivity contribution is 0.479. The topological polar surface area (TPSA) is 23.4 Å². The molecule has 0 radical (unpaired) electrons. The van der Waals surface area contributed by atoms with Crippen molar-refractivity contribution in [3.8, 4) is 67.4 Å². The predicted octanol–water partition coefficient (Wildman–Crippen LogP) is 11.4. The molecule has 248 valence electrons. The SMILES string of the molecule is [2H]c1c([2H])c([2H])c(-c2c([2H])c([2H])c([2H])c(-c3c([2H])c4c5c(c3[2H])-c3c([2H])c([2H])c([2H])c([2H])c3OB5c3c([2H])c(-c5c([2H])c([2H])c([2H])c(-n6c7c([2H])c([2H])c([2H])c([2H])c7c7c([2H])c([2H])c([2H])c(C)c76)c5[2H])c([2H])c([2H])c3O4)c2[2H])c([2H])c1[2H]. The third-order valence-corrected chi connectivity index (χ3v) is 8.78. The molecule has 3 nitrogen and oxygen atoms in total. The van der Waals surface area contributed by atoms with E-state index >= 15 is 0 Å². The first kappa shape index (κ1) is 13.0. The molecule has 53 heavy (non-hydrogen) atoms. The van der Waals surface area contributed by atoms with Crippen LogP contribution in [0.4, 0.5) is 0 Å². The van der Waals surface area contributed by atoms with Crippen molar-refractivity contribution in [2.75, 3.05) is 0 Å². The Morgan fingerprint density at radius 2 is 1.19 bits per heavy atom. The molecule has 11 rings (SSSR count). The van der Waals surface area contributed by atoms with Crippen molar-refractivity contribution in [1.29, 1.82) is 0 Å². The molecule has 0 saturated carbocycles. The van der Waals surface area contributed by atoms with Crippen LogP contribution in [-0.2, 0) is 0 Å². The van der Waals surface area contributed by atoms with Crippen molar-refractivity contribution < 1.29 is 49.1 Å². The number of aromatic nitrogens is 1. The highest BCUT2D eigenvalue weighted by molar-refractivity contribution is 6.84. The van der Waals surface area contributed by atoms with E-state index in [4.69, 9.17) is 36.8 Å². The second kappa shape index (κ2) is 11.6. The summed E-state index contributed by atoms with van der Waals surface area (Å²) in [5.41, 5.74) is -8.48. The molecule has 0 N–H and O–H groups in total. The Morgan fingerprint density at radius 3 is 2.09 bits per heavy atom. The number of fused-ring (bicyclic) bond motifs is 7. The normalized spacial score (nSPS) is 20.2. The molecule has 0 saturated heterocycles. The zero-order valence-electron chi connectivity index (χ0n) is 55.8. The molecular weight excluding hydrogens is 645 g/mol. The van der Waals surface area contributed by atoms with Crippen LogP contribution < -0.4 is 20.3 Å². The summed E-state index contributed by atoms with van der Waals surface area (Å²) in [5.74, 6) is -2.19. The van der Waals surface area contributed by atoms with Crippen LogP contribution in [0, 0.1) is 6.92 Å². The van der Waals surface area contributed by atoms with Crippen LogP contribution in [0.3, 0.4) is 0 Å². The molecule has 2 aliphatic rings. The zero-order valence-corrected chi connectivity index (χ0v) is 26.8. The van der Waals surface area contributed by atoms with Crippen LogP contribution in [0.15, 0.2) is 175 Å². The van der Waals surface area contributed by atoms with Gasteiger partial charge in [-0.15, -0.1) is 0 Å². The minimum Gasteiger partial charge on any atom is -0.551 e. The number of benzene rings is 8. The Morgan fingerprint density at radius 1 is 0.491 bits per heavy atom. The number of ether oxygens (including phenoxy) is 1. The van der Waals surface area contributed by atoms with E-state index < -0.39 is 266 Å². The highest BCUT2D eigenvalue weighted by Crippen LogP contribution is 2.42. The van der Waals surface area contributed by atoms with E-state index in [1.54, 1.807) is 0 Å². The molecule has 0 atom stereocenters. The first-order valence-corrected chi connectivity index (χ1v) is 15.8. The van der Waals surface area contributed by atoms with Crippen molar-refractivity contribution in [2.45, 2.75) is 6.92 Å². The number of hydrogen-bond donors (Lipinski definition) is 0. The first-order valence-electron chi connectivity index (χ1n) is 30.3. The number of aryl methyl sites for hydroxylation is 1. The number of rotatable bonds is 4. The van der Waals surface area contributed by atoms with Crippen LogP contribution in [0.1, 0.15) is 45.3 Å². The van der Waals surface area contributed by atoms with Gasteiger partial charge in [0.2, 0.25) is 0 Å². The molecule has 0 bridgehead atoms. The third kappa shape index (κ3) is 4.69. The largest absolute Gasteiger partial charge is 0.551 e. The molecular formula is C49H32BNO2. The summed E-state index contributed by atoms with van der Waals surface area (Å²) >= 11 is 0. The lowest BCUT2D eigenvalue weighted by atomic mass is 9.50. The van der Waals surface area contributed by atoms with E-state index in [-0.39, 0.29) is 21.9 Å². The molecule has 0 spiro atoms. The zero-order chi connectivity index (χ0) is 60.3. The third-order valence-electron chi connectivity index (χ3n) is 8.78. The van der Waals surface area contributed by atoms with Crippen molar-refractivity contribution in [3.63, 3.8) is 0 Å². The van der Waals surface area contributed by atoms with Gasteiger partial charge < -0.3 is 14.0 Å². The molecule has 0 aliphatic carbocycles. The maximum Gasteiger partial charge on any atom is 0.434 e. The first-order chi connectivity index (χ1) is 38.3. The van der Waals surface area contributed by atoms with Gasteiger partial charge in [0.05, 0.1) is 50.8 Å². The molecule has 0 unspecified atom stereocenters. The molecule has 8 aromatic carbocycles. The van der Waals surface area contributed by atoms with Gasteiger partial charge in [0.1, 0.15) is 17.2 Å². The van der Waals surface area contributed by atoms with Crippen LogP contribution in [0.25, 0.3) is 72.0 Å². The molecule has 2 aliphatic heterocycles. The summed E-state index contributed by atoms with van der Waals surface area (Å²) in [6.45, 7) is -0.673. The van der Waals surface area contributed by atoms with Gasteiger partial charge in [-0.05, 0) is 99.8 Å². The van der Waals surface area contributed by atoms with E-state index in [9.17, 15) is 12.3 Å². The van der Waals surface area contributed by atoms with E-state index in [0.717, 1.165) is 4.57 Å². The second-order valence-electron chi connectivity index (χ2n) is 11.8.